The number of hydrogen-bond donors (Lipinski definition) is 3. The van der Waals surface area contributed by atoms with Crippen molar-refractivity contribution in [1.29, 1.82) is 0 Å². The van der Waals surface area contributed by atoms with Crippen molar-refractivity contribution in [3.63, 3.8) is 0 Å². The van der Waals surface area contributed by atoms with E-state index in [1.165, 1.54) is 44.2 Å². The average molecular weight is 236 g/mol. The molecule has 2 unspecified atom stereocenters. The topological polar surface area (TPSA) is 52.7 Å². The lowest BCUT2D eigenvalue weighted by Gasteiger charge is -2.21. The van der Waals surface area contributed by atoms with Crippen LogP contribution >= 0.6 is 0 Å². The summed E-state index contributed by atoms with van der Waals surface area (Å²) in [6.07, 6.45) is 10.5. The molecule has 0 spiro atoms. The summed E-state index contributed by atoms with van der Waals surface area (Å²) in [4.78, 5) is 0. The van der Waals surface area contributed by atoms with Crippen molar-refractivity contribution < 1.29 is 0 Å². The molecule has 4 nitrogen and oxygen atoms in total. The first-order chi connectivity index (χ1) is 8.34. The normalized spacial score (nSPS) is 23.2. The van der Waals surface area contributed by atoms with Crippen LogP contribution in [-0.4, -0.2) is 28.8 Å². The second kappa shape index (κ2) is 6.77. The lowest BCUT2D eigenvalue weighted by molar-refractivity contribution is 0.402. The number of rotatable bonds is 5. The minimum Gasteiger partial charge on any atom is -0.314 e. The molecule has 0 aromatic carbocycles. The lowest BCUT2D eigenvalue weighted by atomic mass is 10.0. The number of hydrogen-bond acceptors (Lipinski definition) is 3. The van der Waals surface area contributed by atoms with Crippen LogP contribution in [0.2, 0.25) is 0 Å². The van der Waals surface area contributed by atoms with E-state index >= 15 is 0 Å². The molecule has 96 valence electrons. The van der Waals surface area contributed by atoms with Gasteiger partial charge in [-0.2, -0.15) is 5.10 Å². The number of nitrogens with zero attached hydrogens (tertiary/aromatic N) is 1. The van der Waals surface area contributed by atoms with Crippen LogP contribution in [0.25, 0.3) is 0 Å². The highest BCUT2D eigenvalue weighted by Crippen LogP contribution is 2.12. The van der Waals surface area contributed by atoms with Crippen LogP contribution < -0.4 is 10.6 Å². The quantitative estimate of drug-likeness (QED) is 0.731. The molecule has 4 heteroatoms. The molecular weight excluding hydrogens is 212 g/mol. The molecule has 1 aliphatic rings. The Kier molecular flexibility index (Phi) is 5.01. The maximum atomic E-state index is 3.95. The zero-order chi connectivity index (χ0) is 11.9. The van der Waals surface area contributed by atoms with E-state index in [4.69, 9.17) is 0 Å². The van der Waals surface area contributed by atoms with Gasteiger partial charge >= 0.3 is 0 Å². The van der Waals surface area contributed by atoms with Gasteiger partial charge in [0.15, 0.2) is 0 Å². The maximum absolute atomic E-state index is 3.95. The molecule has 0 amide bonds. The third-order valence-corrected chi connectivity index (χ3v) is 3.51. The van der Waals surface area contributed by atoms with E-state index in [1.807, 2.05) is 12.4 Å². The Morgan fingerprint density at radius 3 is 3.24 bits per heavy atom. The third kappa shape index (κ3) is 4.48. The van der Waals surface area contributed by atoms with Crippen molar-refractivity contribution in [3.8, 4) is 0 Å². The van der Waals surface area contributed by atoms with Crippen LogP contribution in [0.3, 0.4) is 0 Å². The Hall–Kier alpha value is -0.870. The summed E-state index contributed by atoms with van der Waals surface area (Å²) in [5.74, 6) is 0. The SMILES string of the molecule is CC(CC1CCCCCN1)NCc1cn[nH]c1. The highest BCUT2D eigenvalue weighted by atomic mass is 15.1. The summed E-state index contributed by atoms with van der Waals surface area (Å²) in [5.41, 5.74) is 1.23. The lowest BCUT2D eigenvalue weighted by Crippen LogP contribution is -2.36. The van der Waals surface area contributed by atoms with Crippen molar-refractivity contribution >= 4 is 0 Å². The predicted molar refractivity (Wildman–Crippen MR) is 69.8 cm³/mol. The van der Waals surface area contributed by atoms with E-state index < -0.39 is 0 Å². The fourth-order valence-corrected chi connectivity index (χ4v) is 2.48. The molecule has 2 rings (SSSR count). The largest absolute Gasteiger partial charge is 0.314 e. The Morgan fingerprint density at radius 1 is 1.47 bits per heavy atom. The summed E-state index contributed by atoms with van der Waals surface area (Å²) in [7, 11) is 0. The number of H-pyrrole nitrogens is 1. The van der Waals surface area contributed by atoms with Gasteiger partial charge in [-0.05, 0) is 32.7 Å². The Bertz CT molecular complexity index is 288. The zero-order valence-corrected chi connectivity index (χ0v) is 10.7. The standard InChI is InChI=1S/C13H24N4/c1-11(15-8-12-9-16-17-10-12)7-13-5-3-2-4-6-14-13/h9-11,13-15H,2-8H2,1H3,(H,16,17). The van der Waals surface area contributed by atoms with E-state index in [0.717, 1.165) is 6.54 Å². The maximum Gasteiger partial charge on any atom is 0.0532 e. The van der Waals surface area contributed by atoms with Crippen LogP contribution in [-0.2, 0) is 6.54 Å². The number of aromatic nitrogens is 2. The molecule has 17 heavy (non-hydrogen) atoms. The van der Waals surface area contributed by atoms with Crippen molar-refractivity contribution in [2.24, 2.45) is 0 Å². The predicted octanol–water partition coefficient (Wildman–Crippen LogP) is 1.81. The molecule has 0 bridgehead atoms. The van der Waals surface area contributed by atoms with Gasteiger partial charge in [-0.25, -0.2) is 0 Å². The molecule has 2 atom stereocenters. The van der Waals surface area contributed by atoms with Crippen LogP contribution in [0.15, 0.2) is 12.4 Å². The molecule has 1 fully saturated rings. The van der Waals surface area contributed by atoms with Gasteiger partial charge in [0.05, 0.1) is 6.20 Å². The van der Waals surface area contributed by atoms with E-state index in [0.29, 0.717) is 12.1 Å². The molecule has 1 saturated heterocycles. The Balaban J connectivity index is 1.67. The van der Waals surface area contributed by atoms with Gasteiger partial charge in [0, 0.05) is 30.4 Å². The number of nitrogens with one attached hydrogen (secondary N) is 3. The van der Waals surface area contributed by atoms with Gasteiger partial charge in [-0.15, -0.1) is 0 Å². The van der Waals surface area contributed by atoms with Crippen LogP contribution in [0, 0.1) is 0 Å². The summed E-state index contributed by atoms with van der Waals surface area (Å²) >= 11 is 0. The first-order valence-electron chi connectivity index (χ1n) is 6.79. The molecule has 1 aliphatic heterocycles. The molecule has 0 saturated carbocycles. The van der Waals surface area contributed by atoms with E-state index in [9.17, 15) is 0 Å². The van der Waals surface area contributed by atoms with Crippen molar-refractivity contribution in [2.75, 3.05) is 6.54 Å². The minimum atomic E-state index is 0.556. The molecule has 0 radical (unpaired) electrons. The third-order valence-electron chi connectivity index (χ3n) is 3.51. The van der Waals surface area contributed by atoms with Gasteiger partial charge < -0.3 is 10.6 Å². The van der Waals surface area contributed by atoms with Crippen LogP contribution in [0.5, 0.6) is 0 Å². The molecule has 3 N–H and O–H groups in total. The highest BCUT2D eigenvalue weighted by Gasteiger charge is 2.14. The fourth-order valence-electron chi connectivity index (χ4n) is 2.48. The van der Waals surface area contributed by atoms with Crippen LogP contribution in [0.4, 0.5) is 0 Å². The fraction of sp³-hybridized carbons (Fsp3) is 0.769. The summed E-state index contributed by atoms with van der Waals surface area (Å²) in [5, 5.41) is 14.0. The molecule has 1 aromatic rings. The summed E-state index contributed by atoms with van der Waals surface area (Å²) in [6, 6.07) is 1.25. The highest BCUT2D eigenvalue weighted by molar-refractivity contribution is 5.01. The summed E-state index contributed by atoms with van der Waals surface area (Å²) < 4.78 is 0. The van der Waals surface area contributed by atoms with E-state index in [1.54, 1.807) is 0 Å². The molecule has 1 aromatic heterocycles. The second-order valence-corrected chi connectivity index (χ2v) is 5.12. The first-order valence-corrected chi connectivity index (χ1v) is 6.79. The van der Waals surface area contributed by atoms with Gasteiger partial charge in [0.25, 0.3) is 0 Å². The van der Waals surface area contributed by atoms with Gasteiger partial charge in [-0.3, -0.25) is 5.10 Å². The van der Waals surface area contributed by atoms with Gasteiger partial charge in [0.1, 0.15) is 0 Å². The number of aromatic amines is 1. The smallest absolute Gasteiger partial charge is 0.0532 e. The van der Waals surface area contributed by atoms with E-state index in [2.05, 4.69) is 27.8 Å². The van der Waals surface area contributed by atoms with Crippen molar-refractivity contribution in [3.05, 3.63) is 18.0 Å². The first kappa shape index (κ1) is 12.6. The molecule has 0 aliphatic carbocycles. The van der Waals surface area contributed by atoms with Gasteiger partial charge in [-0.1, -0.05) is 12.8 Å². The minimum absolute atomic E-state index is 0.556. The molecule has 2 heterocycles. The summed E-state index contributed by atoms with van der Waals surface area (Å²) in [6.45, 7) is 4.37. The Labute approximate surface area is 104 Å². The van der Waals surface area contributed by atoms with Gasteiger partial charge in [0.2, 0.25) is 0 Å². The monoisotopic (exact) mass is 236 g/mol. The van der Waals surface area contributed by atoms with E-state index in [-0.39, 0.29) is 0 Å². The van der Waals surface area contributed by atoms with Crippen molar-refractivity contribution in [2.45, 2.75) is 57.7 Å². The average Bonchev–Trinajstić information content (AvgIpc) is 2.72. The second-order valence-electron chi connectivity index (χ2n) is 5.12. The van der Waals surface area contributed by atoms with Crippen LogP contribution in [0.1, 0.15) is 44.6 Å². The Morgan fingerprint density at radius 2 is 2.41 bits per heavy atom. The van der Waals surface area contributed by atoms with Crippen molar-refractivity contribution in [1.82, 2.24) is 20.8 Å². The molecular formula is C13H24N4. The zero-order valence-electron chi connectivity index (χ0n) is 10.7.